The first-order valence-electron chi connectivity index (χ1n) is 12.8. The number of aliphatic hydroxyl groups is 1. The number of rotatable bonds is 10. The van der Waals surface area contributed by atoms with Gasteiger partial charge in [-0.3, -0.25) is 14.5 Å². The number of carbonyl (C=O) groups is 2. The van der Waals surface area contributed by atoms with Crippen LogP contribution in [0.3, 0.4) is 0 Å². The van der Waals surface area contributed by atoms with E-state index in [-0.39, 0.29) is 36.9 Å². The number of amides is 1. The van der Waals surface area contributed by atoms with Crippen molar-refractivity contribution >= 4 is 56.7 Å². The SMILES string of the molecule is CCOC(=O)CCc1ccc(Cl)c(N2C(=O)c3cc(Br)ccc3[C@@]2(OCC2(CO)CC2)c2ccc(Cl)cc2)c1. The van der Waals surface area contributed by atoms with Crippen molar-refractivity contribution < 1.29 is 24.2 Å². The highest BCUT2D eigenvalue weighted by molar-refractivity contribution is 9.10. The van der Waals surface area contributed by atoms with Crippen molar-refractivity contribution in [3.05, 3.63) is 97.4 Å². The highest BCUT2D eigenvalue weighted by atomic mass is 79.9. The molecule has 1 N–H and O–H groups in total. The number of aliphatic hydroxyl groups excluding tert-OH is 1. The maximum atomic E-state index is 14.2. The Bertz CT molecular complexity index is 1410. The molecule has 0 spiro atoms. The molecule has 0 radical (unpaired) electrons. The number of hydrogen-bond donors (Lipinski definition) is 1. The van der Waals surface area contributed by atoms with Crippen molar-refractivity contribution in [2.45, 2.75) is 38.3 Å². The lowest BCUT2D eigenvalue weighted by Gasteiger charge is -2.40. The van der Waals surface area contributed by atoms with Gasteiger partial charge in [0.05, 0.1) is 30.5 Å². The molecule has 6 nitrogen and oxygen atoms in total. The summed E-state index contributed by atoms with van der Waals surface area (Å²) in [7, 11) is 0. The summed E-state index contributed by atoms with van der Waals surface area (Å²) in [5.41, 5.74) is 1.40. The molecule has 1 aliphatic carbocycles. The maximum Gasteiger partial charge on any atom is 0.306 e. The minimum absolute atomic E-state index is 0.00502. The standard InChI is InChI=1S/C30H28BrCl2NO5/c1-2-38-27(36)12-4-19-3-11-25(33)26(15-19)34-28(37)23-16-21(31)7-10-24(23)30(34,20-5-8-22(32)9-6-20)39-18-29(17-35)13-14-29/h3,5-11,15-16,35H,2,4,12-14,17-18H2,1H3/t30-/m0/s1. The predicted molar refractivity (Wildman–Crippen MR) is 154 cm³/mol. The van der Waals surface area contributed by atoms with Crippen LogP contribution in [-0.2, 0) is 26.4 Å². The van der Waals surface area contributed by atoms with Crippen LogP contribution in [0.25, 0.3) is 0 Å². The summed E-state index contributed by atoms with van der Waals surface area (Å²) in [6, 6.07) is 18.1. The Morgan fingerprint density at radius 1 is 1.08 bits per heavy atom. The van der Waals surface area contributed by atoms with E-state index in [4.69, 9.17) is 32.7 Å². The third-order valence-corrected chi connectivity index (χ3v) is 8.45. The van der Waals surface area contributed by atoms with E-state index in [0.29, 0.717) is 45.5 Å². The van der Waals surface area contributed by atoms with E-state index in [1.165, 1.54) is 0 Å². The van der Waals surface area contributed by atoms with Crippen LogP contribution in [0.5, 0.6) is 0 Å². The molecule has 5 rings (SSSR count). The monoisotopic (exact) mass is 631 g/mol. The second-order valence-electron chi connectivity index (χ2n) is 10.0. The number of halogens is 3. The minimum atomic E-state index is -1.37. The molecule has 1 amide bonds. The van der Waals surface area contributed by atoms with E-state index in [0.717, 1.165) is 22.9 Å². The second-order valence-corrected chi connectivity index (χ2v) is 11.8. The molecule has 0 unspecified atom stereocenters. The molecule has 0 bridgehead atoms. The van der Waals surface area contributed by atoms with Gasteiger partial charge in [-0.1, -0.05) is 63.4 Å². The van der Waals surface area contributed by atoms with Crippen molar-refractivity contribution in [1.82, 2.24) is 0 Å². The number of ether oxygens (including phenoxy) is 2. The van der Waals surface area contributed by atoms with Crippen molar-refractivity contribution in [3.63, 3.8) is 0 Å². The van der Waals surface area contributed by atoms with Crippen LogP contribution in [0.1, 0.15) is 53.2 Å². The zero-order valence-corrected chi connectivity index (χ0v) is 24.5. The van der Waals surface area contributed by atoms with Gasteiger partial charge < -0.3 is 14.6 Å². The van der Waals surface area contributed by atoms with Gasteiger partial charge in [-0.2, -0.15) is 0 Å². The van der Waals surface area contributed by atoms with Crippen molar-refractivity contribution in [2.75, 3.05) is 24.7 Å². The van der Waals surface area contributed by atoms with E-state index in [2.05, 4.69) is 15.9 Å². The average Bonchev–Trinajstić information content (AvgIpc) is 3.67. The van der Waals surface area contributed by atoms with E-state index < -0.39 is 5.72 Å². The number of nitrogens with zero attached hydrogens (tertiary/aromatic N) is 1. The highest BCUT2D eigenvalue weighted by Gasteiger charge is 2.55. The number of carbonyl (C=O) groups excluding carboxylic acids is 2. The molecule has 1 saturated carbocycles. The first-order chi connectivity index (χ1) is 18.7. The second kappa shape index (κ2) is 11.2. The lowest BCUT2D eigenvalue weighted by atomic mass is 9.92. The van der Waals surface area contributed by atoms with Gasteiger partial charge in [-0.25, -0.2) is 0 Å². The molecule has 9 heteroatoms. The third kappa shape index (κ3) is 5.35. The molecule has 2 aliphatic rings. The number of hydrogen-bond acceptors (Lipinski definition) is 5. The largest absolute Gasteiger partial charge is 0.466 e. The molecule has 1 fully saturated rings. The van der Waals surface area contributed by atoms with Gasteiger partial charge in [0.2, 0.25) is 5.72 Å². The summed E-state index contributed by atoms with van der Waals surface area (Å²) in [5, 5.41) is 11.0. The van der Waals surface area contributed by atoms with Crippen LogP contribution < -0.4 is 4.90 Å². The number of esters is 1. The first-order valence-corrected chi connectivity index (χ1v) is 14.4. The van der Waals surface area contributed by atoms with Gasteiger partial charge >= 0.3 is 5.97 Å². The van der Waals surface area contributed by atoms with E-state index in [1.807, 2.05) is 36.4 Å². The van der Waals surface area contributed by atoms with Crippen molar-refractivity contribution in [2.24, 2.45) is 5.41 Å². The third-order valence-electron chi connectivity index (χ3n) is 7.38. The van der Waals surface area contributed by atoms with Crippen molar-refractivity contribution in [1.29, 1.82) is 0 Å². The van der Waals surface area contributed by atoms with Gasteiger partial charge in [0, 0.05) is 38.0 Å². The summed E-state index contributed by atoms with van der Waals surface area (Å²) in [6.07, 6.45) is 2.30. The molecule has 0 saturated heterocycles. The number of fused-ring (bicyclic) bond motifs is 1. The van der Waals surface area contributed by atoms with E-state index >= 15 is 0 Å². The molecular weight excluding hydrogens is 605 g/mol. The Labute approximate surface area is 245 Å². The molecule has 204 valence electrons. The van der Waals surface area contributed by atoms with Gasteiger partial charge in [0.1, 0.15) is 0 Å². The van der Waals surface area contributed by atoms with Gasteiger partial charge in [0.15, 0.2) is 0 Å². The zero-order chi connectivity index (χ0) is 27.8. The zero-order valence-electron chi connectivity index (χ0n) is 21.4. The quantitative estimate of drug-likeness (QED) is 0.246. The fourth-order valence-electron chi connectivity index (χ4n) is 4.98. The maximum absolute atomic E-state index is 14.2. The molecule has 0 aromatic heterocycles. The predicted octanol–water partition coefficient (Wildman–Crippen LogP) is 6.90. The Morgan fingerprint density at radius 3 is 2.49 bits per heavy atom. The van der Waals surface area contributed by atoms with Crippen LogP contribution in [0.2, 0.25) is 10.0 Å². The summed E-state index contributed by atoms with van der Waals surface area (Å²) < 4.78 is 12.7. The number of aryl methyl sites for hydroxylation is 1. The fourth-order valence-corrected chi connectivity index (χ4v) is 5.67. The highest BCUT2D eigenvalue weighted by Crippen LogP contribution is 2.53. The van der Waals surface area contributed by atoms with Crippen LogP contribution in [0.4, 0.5) is 5.69 Å². The number of benzene rings is 3. The molecule has 39 heavy (non-hydrogen) atoms. The van der Waals surface area contributed by atoms with Gasteiger partial charge in [-0.15, -0.1) is 0 Å². The molecule has 3 aromatic rings. The topological polar surface area (TPSA) is 76.1 Å². The first kappa shape index (κ1) is 28.1. The Morgan fingerprint density at radius 2 is 1.82 bits per heavy atom. The van der Waals surface area contributed by atoms with Crippen LogP contribution in [0, 0.1) is 5.41 Å². The average molecular weight is 633 g/mol. The summed E-state index contributed by atoms with van der Waals surface area (Å²) in [4.78, 5) is 27.9. The Hall–Kier alpha value is -2.42. The van der Waals surface area contributed by atoms with Gasteiger partial charge in [0.25, 0.3) is 5.91 Å². The summed E-state index contributed by atoms with van der Waals surface area (Å²) in [5.74, 6) is -0.569. The molecule has 1 heterocycles. The van der Waals surface area contributed by atoms with Crippen LogP contribution in [0.15, 0.2) is 65.1 Å². The number of anilines is 1. The van der Waals surface area contributed by atoms with E-state index in [1.54, 1.807) is 36.1 Å². The normalized spacial score (nSPS) is 19.2. The molecule has 1 atom stereocenters. The van der Waals surface area contributed by atoms with Gasteiger partial charge in [-0.05, 0) is 68.1 Å². The summed E-state index contributed by atoms with van der Waals surface area (Å²) in [6.45, 7) is 2.32. The smallest absolute Gasteiger partial charge is 0.306 e. The summed E-state index contributed by atoms with van der Waals surface area (Å²) >= 11 is 16.5. The van der Waals surface area contributed by atoms with Crippen LogP contribution in [-0.4, -0.2) is 36.8 Å². The lowest BCUT2D eigenvalue weighted by molar-refractivity contribution is -0.143. The molecular formula is C30H28BrCl2NO5. The molecule has 1 aliphatic heterocycles. The van der Waals surface area contributed by atoms with Crippen LogP contribution >= 0.6 is 39.1 Å². The molecule has 3 aromatic carbocycles. The Kier molecular flexibility index (Phi) is 8.09. The fraction of sp³-hybridized carbons (Fsp3) is 0.333. The van der Waals surface area contributed by atoms with E-state index in [9.17, 15) is 14.7 Å². The Balaban J connectivity index is 1.67. The minimum Gasteiger partial charge on any atom is -0.466 e. The van der Waals surface area contributed by atoms with Crippen molar-refractivity contribution in [3.8, 4) is 0 Å². The lowest BCUT2D eigenvalue weighted by Crippen LogP contribution is -2.48.